The molecule has 1 N–H and O–H groups in total. The molecule has 6 nitrogen and oxygen atoms in total. The normalized spacial score (nSPS) is 22.1. The van der Waals surface area contributed by atoms with E-state index in [2.05, 4.69) is 27.7 Å². The van der Waals surface area contributed by atoms with Gasteiger partial charge in [-0.25, -0.2) is 0 Å². The predicted octanol–water partition coefficient (Wildman–Crippen LogP) is 7.03. The molecule has 196 valence electrons. The monoisotopic (exact) mass is 504 g/mol. The highest BCUT2D eigenvalue weighted by atomic mass is 16.5. The van der Waals surface area contributed by atoms with Gasteiger partial charge in [0.15, 0.2) is 11.6 Å². The molecule has 1 aromatic carbocycles. The molecule has 0 saturated heterocycles. The Morgan fingerprint density at radius 2 is 1.51 bits per heavy atom. The third-order valence-electron chi connectivity index (χ3n) is 8.17. The van der Waals surface area contributed by atoms with Crippen LogP contribution in [0.5, 0.6) is 0 Å². The van der Waals surface area contributed by atoms with Gasteiger partial charge in [0, 0.05) is 47.8 Å². The Labute approximate surface area is 217 Å². The van der Waals surface area contributed by atoms with Crippen molar-refractivity contribution in [3.63, 3.8) is 0 Å². The number of allylic oxidation sites excluding steroid dienone is 4. The molecule has 0 amide bonds. The van der Waals surface area contributed by atoms with Crippen LogP contribution < -0.4 is 0 Å². The number of hydrogen-bond acceptors (Lipinski definition) is 5. The Bertz CT molecular complexity index is 1380. The van der Waals surface area contributed by atoms with Crippen molar-refractivity contribution in [2.24, 2.45) is 10.8 Å². The topological polar surface area (TPSA) is 93.8 Å². The van der Waals surface area contributed by atoms with E-state index in [0.717, 1.165) is 27.8 Å². The molecule has 0 saturated carbocycles. The molecule has 37 heavy (non-hydrogen) atoms. The van der Waals surface area contributed by atoms with E-state index in [4.69, 9.17) is 9.15 Å². The summed E-state index contributed by atoms with van der Waals surface area (Å²) < 4.78 is 12.7. The minimum atomic E-state index is -0.868. The highest BCUT2D eigenvalue weighted by Gasteiger charge is 2.48. The molecule has 0 fully saturated rings. The van der Waals surface area contributed by atoms with Gasteiger partial charge in [0.05, 0.1) is 12.3 Å². The highest BCUT2D eigenvalue weighted by molar-refractivity contribution is 6.07. The Morgan fingerprint density at radius 1 is 0.973 bits per heavy atom. The van der Waals surface area contributed by atoms with Crippen molar-refractivity contribution in [3.05, 3.63) is 57.2 Å². The van der Waals surface area contributed by atoms with E-state index >= 15 is 0 Å². The predicted molar refractivity (Wildman–Crippen MR) is 140 cm³/mol. The second-order valence-corrected chi connectivity index (χ2v) is 12.9. The molecule has 2 heterocycles. The van der Waals surface area contributed by atoms with Gasteiger partial charge in [-0.1, -0.05) is 40.7 Å². The van der Waals surface area contributed by atoms with Crippen molar-refractivity contribution < 1.29 is 28.6 Å². The van der Waals surface area contributed by atoms with Crippen LogP contribution in [0.4, 0.5) is 0 Å². The van der Waals surface area contributed by atoms with E-state index in [1.54, 1.807) is 0 Å². The molecule has 1 unspecified atom stereocenters. The van der Waals surface area contributed by atoms with Crippen molar-refractivity contribution in [1.82, 2.24) is 0 Å². The second kappa shape index (κ2) is 8.44. The van der Waals surface area contributed by atoms with Crippen molar-refractivity contribution in [2.75, 3.05) is 0 Å². The summed E-state index contributed by atoms with van der Waals surface area (Å²) in [6, 6.07) is 3.95. The van der Waals surface area contributed by atoms with Crippen molar-refractivity contribution in [2.45, 2.75) is 92.4 Å². The molecule has 6 heteroatoms. The molecule has 0 bridgehead atoms. The maximum atomic E-state index is 13.7. The first-order valence-electron chi connectivity index (χ1n) is 13.1. The van der Waals surface area contributed by atoms with E-state index < -0.39 is 11.9 Å². The highest BCUT2D eigenvalue weighted by Crippen LogP contribution is 2.54. The number of carboxylic acids is 1. The summed E-state index contributed by atoms with van der Waals surface area (Å²) in [6.07, 6.45) is 1.97. The fourth-order valence-electron chi connectivity index (χ4n) is 6.59. The summed E-state index contributed by atoms with van der Waals surface area (Å²) in [5.74, 6) is 0.336. The number of hydrogen-bond donors (Lipinski definition) is 1. The Hall–Kier alpha value is -3.15. The largest absolute Gasteiger partial charge is 0.481 e. The molecule has 1 atom stereocenters. The number of benzene rings is 1. The van der Waals surface area contributed by atoms with Crippen LogP contribution >= 0.6 is 0 Å². The lowest BCUT2D eigenvalue weighted by molar-refractivity contribution is -0.137. The van der Waals surface area contributed by atoms with Gasteiger partial charge in [0.1, 0.15) is 22.9 Å². The smallest absolute Gasteiger partial charge is 0.303 e. The number of aryl methyl sites for hydroxylation is 2. The summed E-state index contributed by atoms with van der Waals surface area (Å²) >= 11 is 0. The van der Waals surface area contributed by atoms with Gasteiger partial charge in [-0.05, 0) is 47.8 Å². The maximum Gasteiger partial charge on any atom is 0.303 e. The van der Waals surface area contributed by atoms with E-state index in [1.165, 1.54) is 0 Å². The van der Waals surface area contributed by atoms with E-state index in [1.807, 2.05) is 32.9 Å². The van der Waals surface area contributed by atoms with Gasteiger partial charge < -0.3 is 14.3 Å². The SMILES string of the molecule is Cc1cc2c(C)c(C(C)CC(=O)O)cc(C3C4=C(CC(C)(C)CC4=O)OC4=C3C(=O)CC(C)(C)C4)c2o1. The Kier molecular flexibility index (Phi) is 5.81. The molecule has 0 radical (unpaired) electrons. The Balaban J connectivity index is 1.82. The second-order valence-electron chi connectivity index (χ2n) is 12.9. The summed E-state index contributed by atoms with van der Waals surface area (Å²) in [5, 5.41) is 10.4. The quantitative estimate of drug-likeness (QED) is 0.480. The molecule has 2 aromatic rings. The number of carbonyl (C=O) groups is 3. The first-order chi connectivity index (χ1) is 17.2. The minimum Gasteiger partial charge on any atom is -0.481 e. The van der Waals surface area contributed by atoms with Crippen LogP contribution in [-0.2, 0) is 19.1 Å². The van der Waals surface area contributed by atoms with Gasteiger partial charge in [-0.15, -0.1) is 0 Å². The number of furan rings is 1. The zero-order valence-corrected chi connectivity index (χ0v) is 22.8. The number of carbonyl (C=O) groups excluding carboxylic acids is 2. The van der Waals surface area contributed by atoms with Crippen LogP contribution in [-0.4, -0.2) is 22.6 Å². The number of rotatable bonds is 4. The van der Waals surface area contributed by atoms with Crippen LogP contribution in [0.1, 0.15) is 101 Å². The molecule has 1 aromatic heterocycles. The van der Waals surface area contributed by atoms with Crippen LogP contribution in [0.3, 0.4) is 0 Å². The lowest BCUT2D eigenvalue weighted by Gasteiger charge is -2.42. The molecule has 3 aliphatic rings. The zero-order valence-electron chi connectivity index (χ0n) is 22.8. The molecule has 1 aliphatic heterocycles. The van der Waals surface area contributed by atoms with E-state index in [0.29, 0.717) is 53.9 Å². The summed E-state index contributed by atoms with van der Waals surface area (Å²) in [4.78, 5) is 39.1. The van der Waals surface area contributed by atoms with E-state index in [-0.39, 0.29) is 34.7 Å². The van der Waals surface area contributed by atoms with Crippen LogP contribution in [0, 0.1) is 24.7 Å². The summed E-state index contributed by atoms with van der Waals surface area (Å²) in [7, 11) is 0. The number of ketones is 2. The number of carboxylic acid groups (broad SMARTS) is 1. The van der Waals surface area contributed by atoms with Crippen molar-refractivity contribution in [1.29, 1.82) is 0 Å². The van der Waals surface area contributed by atoms with Crippen LogP contribution in [0.25, 0.3) is 11.0 Å². The Morgan fingerprint density at radius 3 is 2.03 bits per heavy atom. The molecule has 0 spiro atoms. The summed E-state index contributed by atoms with van der Waals surface area (Å²) in [6.45, 7) is 14.0. The lowest BCUT2D eigenvalue weighted by atomic mass is 9.65. The average molecular weight is 505 g/mol. The lowest BCUT2D eigenvalue weighted by Crippen LogP contribution is -2.37. The van der Waals surface area contributed by atoms with Gasteiger partial charge >= 0.3 is 5.97 Å². The first kappa shape index (κ1) is 25.5. The number of Topliss-reactive ketones (excluding diaryl/α,β-unsaturated/α-hetero) is 2. The number of fused-ring (bicyclic) bond motifs is 1. The van der Waals surface area contributed by atoms with Crippen LogP contribution in [0.15, 0.2) is 39.2 Å². The average Bonchev–Trinajstić information content (AvgIpc) is 3.12. The summed E-state index contributed by atoms with van der Waals surface area (Å²) in [5.41, 5.74) is 3.91. The minimum absolute atomic E-state index is 0.00225. The fraction of sp³-hybridized carbons (Fsp3) is 0.516. The van der Waals surface area contributed by atoms with Crippen molar-refractivity contribution >= 4 is 28.5 Å². The van der Waals surface area contributed by atoms with Crippen LogP contribution in [0.2, 0.25) is 0 Å². The maximum absolute atomic E-state index is 13.7. The van der Waals surface area contributed by atoms with E-state index in [9.17, 15) is 19.5 Å². The van der Waals surface area contributed by atoms with Gasteiger partial charge in [-0.2, -0.15) is 0 Å². The fourth-order valence-corrected chi connectivity index (χ4v) is 6.59. The number of aliphatic carboxylic acids is 1. The molecule has 2 aliphatic carbocycles. The third-order valence-corrected chi connectivity index (χ3v) is 8.17. The standard InChI is InChI=1S/C31H36O6/c1-15(8-25(34)35)18-10-20(29-19(17(18)3)9-16(2)36-29)26-27-21(32)11-30(4,5)13-23(27)37-24-14-31(6,7)12-22(33)28(24)26/h9-10,15,26H,8,11-14H2,1-7H3,(H,34,35). The third kappa shape index (κ3) is 4.34. The first-order valence-corrected chi connectivity index (χ1v) is 13.1. The van der Waals surface area contributed by atoms with Gasteiger partial charge in [0.25, 0.3) is 0 Å². The molecular formula is C31H36O6. The van der Waals surface area contributed by atoms with Crippen molar-refractivity contribution in [3.8, 4) is 0 Å². The molecular weight excluding hydrogens is 468 g/mol. The zero-order chi connectivity index (χ0) is 27.0. The number of ether oxygens (including phenoxy) is 1. The molecule has 5 rings (SSSR count). The van der Waals surface area contributed by atoms with Gasteiger partial charge in [-0.3, -0.25) is 14.4 Å². The van der Waals surface area contributed by atoms with Gasteiger partial charge in [0.2, 0.25) is 0 Å².